The highest BCUT2D eigenvalue weighted by Crippen LogP contribution is 2.14. The molecule has 0 N–H and O–H groups in total. The van der Waals surface area contributed by atoms with E-state index in [1.807, 2.05) is 18.7 Å². The second-order valence-electron chi connectivity index (χ2n) is 1.58. The zero-order chi connectivity index (χ0) is 6.57. The zero-order valence-electron chi connectivity index (χ0n) is 5.02. The Kier molecular flexibility index (Phi) is 3.92. The fraction of sp³-hybridized carbons (Fsp3) is 0.333. The first-order valence-electron chi connectivity index (χ1n) is 2.46. The smallest absolute Gasteiger partial charge is 0.168 e. The number of hydrogen-bond donors (Lipinski definition) is 0. The highest BCUT2D eigenvalue weighted by atomic mass is 35.6. The summed E-state index contributed by atoms with van der Waals surface area (Å²) in [6, 6.07) is 0. The lowest BCUT2D eigenvalue weighted by atomic mass is 10.4. The van der Waals surface area contributed by atoms with Crippen LogP contribution >= 0.6 is 11.1 Å². The lowest BCUT2D eigenvalue weighted by Crippen LogP contribution is -2.02. The summed E-state index contributed by atoms with van der Waals surface area (Å²) in [5.74, 6) is 0. The van der Waals surface area contributed by atoms with Gasteiger partial charge in [-0.3, -0.25) is 0 Å². The molecular formula is C6H10ClSi. The molecule has 0 unspecified atom stereocenters. The molecule has 0 spiro atoms. The first-order chi connectivity index (χ1) is 3.72. The highest BCUT2D eigenvalue weighted by molar-refractivity contribution is 7.07. The van der Waals surface area contributed by atoms with Crippen molar-refractivity contribution in [1.29, 1.82) is 0 Å². The van der Waals surface area contributed by atoms with Gasteiger partial charge >= 0.3 is 0 Å². The first kappa shape index (κ1) is 7.99. The monoisotopic (exact) mass is 145 g/mol. The second kappa shape index (κ2) is 3.93. The van der Waals surface area contributed by atoms with E-state index in [-0.39, 0.29) is 0 Å². The molecule has 0 aromatic heterocycles. The van der Waals surface area contributed by atoms with E-state index in [1.54, 1.807) is 0 Å². The Balaban J connectivity index is 3.68. The van der Waals surface area contributed by atoms with Crippen LogP contribution in [0.1, 0.15) is 0 Å². The molecule has 0 saturated carbocycles. The predicted octanol–water partition coefficient (Wildman–Crippen LogP) is 2.59. The van der Waals surface area contributed by atoms with E-state index in [1.165, 1.54) is 0 Å². The van der Waals surface area contributed by atoms with Crippen LogP contribution in [-0.2, 0) is 0 Å². The van der Waals surface area contributed by atoms with Crippen LogP contribution in [0.3, 0.4) is 0 Å². The molecule has 0 aliphatic rings. The Labute approximate surface area is 57.2 Å². The van der Waals surface area contributed by atoms with Crippen molar-refractivity contribution in [2.24, 2.45) is 0 Å². The van der Waals surface area contributed by atoms with Gasteiger partial charge in [0.15, 0.2) is 8.11 Å². The maximum absolute atomic E-state index is 5.80. The van der Waals surface area contributed by atoms with Crippen molar-refractivity contribution in [3.8, 4) is 0 Å². The lowest BCUT2D eigenvalue weighted by Gasteiger charge is -2.03. The largest absolute Gasteiger partial charge is 0.173 e. The maximum Gasteiger partial charge on any atom is 0.173 e. The van der Waals surface area contributed by atoms with Gasteiger partial charge in [-0.05, 0) is 0 Å². The van der Waals surface area contributed by atoms with Crippen LogP contribution in [0.25, 0.3) is 0 Å². The van der Waals surface area contributed by atoms with E-state index in [0.717, 1.165) is 0 Å². The Hall–Kier alpha value is -0.0131. The van der Waals surface area contributed by atoms with E-state index >= 15 is 0 Å². The van der Waals surface area contributed by atoms with Gasteiger partial charge in [-0.2, -0.15) is 11.1 Å². The van der Waals surface area contributed by atoms with Crippen molar-refractivity contribution in [3.05, 3.63) is 25.3 Å². The van der Waals surface area contributed by atoms with E-state index in [4.69, 9.17) is 11.1 Å². The van der Waals surface area contributed by atoms with E-state index in [0.29, 0.717) is 5.54 Å². The Morgan fingerprint density at radius 2 is 1.88 bits per heavy atom. The van der Waals surface area contributed by atoms with Gasteiger partial charge < -0.3 is 0 Å². The standard InChI is InChI=1S/C6H10ClSi/c1-4-6(5-2)8(3)7/h4-6H,1-2H2,3H3. The summed E-state index contributed by atoms with van der Waals surface area (Å²) in [6.07, 6.45) is 3.68. The van der Waals surface area contributed by atoms with Gasteiger partial charge in [0.1, 0.15) is 0 Å². The SMILES string of the molecule is C=CC(C=C)[Si](C)Cl. The molecule has 0 atom stereocenters. The molecule has 0 fully saturated rings. The third-order valence-corrected chi connectivity index (χ3v) is 3.11. The van der Waals surface area contributed by atoms with Crippen molar-refractivity contribution < 1.29 is 0 Å². The van der Waals surface area contributed by atoms with Gasteiger partial charge in [0, 0.05) is 5.54 Å². The molecule has 8 heavy (non-hydrogen) atoms. The molecule has 0 aliphatic carbocycles. The average molecular weight is 146 g/mol. The van der Waals surface area contributed by atoms with Gasteiger partial charge in [-0.15, -0.1) is 13.2 Å². The summed E-state index contributed by atoms with van der Waals surface area (Å²) < 4.78 is 0. The van der Waals surface area contributed by atoms with Crippen LogP contribution in [0.15, 0.2) is 25.3 Å². The Morgan fingerprint density at radius 3 is 1.88 bits per heavy atom. The number of halogens is 1. The van der Waals surface area contributed by atoms with Gasteiger partial charge in [-0.1, -0.05) is 18.7 Å². The minimum Gasteiger partial charge on any atom is -0.168 e. The van der Waals surface area contributed by atoms with E-state index in [9.17, 15) is 0 Å². The van der Waals surface area contributed by atoms with Crippen molar-refractivity contribution in [3.63, 3.8) is 0 Å². The van der Waals surface area contributed by atoms with Crippen LogP contribution in [0.5, 0.6) is 0 Å². The average Bonchev–Trinajstić information content (AvgIpc) is 1.69. The summed E-state index contributed by atoms with van der Waals surface area (Å²) in [4.78, 5) is 0. The normalized spacial score (nSPS) is 10.0. The molecule has 0 rings (SSSR count). The maximum atomic E-state index is 5.80. The molecule has 0 bridgehead atoms. The first-order valence-corrected chi connectivity index (χ1v) is 5.55. The molecule has 0 nitrogen and oxygen atoms in total. The molecule has 0 aliphatic heterocycles. The van der Waals surface area contributed by atoms with Crippen molar-refractivity contribution in [2.75, 3.05) is 0 Å². The lowest BCUT2D eigenvalue weighted by molar-refractivity contribution is 1.36. The summed E-state index contributed by atoms with van der Waals surface area (Å²) in [6.45, 7) is 9.27. The quantitative estimate of drug-likeness (QED) is 0.326. The van der Waals surface area contributed by atoms with Crippen molar-refractivity contribution in [2.45, 2.75) is 12.1 Å². The third-order valence-electron chi connectivity index (χ3n) is 0.967. The van der Waals surface area contributed by atoms with Crippen molar-refractivity contribution >= 4 is 19.2 Å². The summed E-state index contributed by atoms with van der Waals surface area (Å²) in [5.41, 5.74) is 0.349. The van der Waals surface area contributed by atoms with E-state index in [2.05, 4.69) is 13.2 Å². The number of rotatable bonds is 3. The number of allylic oxidation sites excluding steroid dienone is 2. The zero-order valence-corrected chi connectivity index (χ0v) is 6.78. The topological polar surface area (TPSA) is 0 Å². The highest BCUT2D eigenvalue weighted by Gasteiger charge is 2.07. The van der Waals surface area contributed by atoms with Gasteiger partial charge in [-0.25, -0.2) is 0 Å². The summed E-state index contributed by atoms with van der Waals surface area (Å²) in [5, 5.41) is 0. The molecule has 0 heterocycles. The summed E-state index contributed by atoms with van der Waals surface area (Å²) >= 11 is 5.80. The molecule has 2 heteroatoms. The number of hydrogen-bond acceptors (Lipinski definition) is 0. The predicted molar refractivity (Wildman–Crippen MR) is 41.6 cm³/mol. The van der Waals surface area contributed by atoms with Crippen LogP contribution in [0.4, 0.5) is 0 Å². The fourth-order valence-corrected chi connectivity index (χ4v) is 1.61. The van der Waals surface area contributed by atoms with Gasteiger partial charge in [0.05, 0.1) is 0 Å². The molecule has 0 saturated heterocycles. The molecule has 1 radical (unpaired) electrons. The molecule has 0 aromatic rings. The minimum absolute atomic E-state index is 0.349. The molecule has 0 aromatic carbocycles. The fourth-order valence-electron chi connectivity index (χ4n) is 0.421. The van der Waals surface area contributed by atoms with Crippen LogP contribution in [0.2, 0.25) is 12.1 Å². The van der Waals surface area contributed by atoms with Gasteiger partial charge in [0.25, 0.3) is 0 Å². The second-order valence-corrected chi connectivity index (χ2v) is 5.21. The van der Waals surface area contributed by atoms with E-state index < -0.39 is 8.11 Å². The minimum atomic E-state index is -0.739. The summed E-state index contributed by atoms with van der Waals surface area (Å²) in [7, 11) is -0.739. The molecule has 0 amide bonds. The third kappa shape index (κ3) is 2.33. The van der Waals surface area contributed by atoms with Crippen LogP contribution in [0, 0.1) is 0 Å². The van der Waals surface area contributed by atoms with Crippen LogP contribution in [-0.4, -0.2) is 8.11 Å². The Bertz CT molecular complexity index is 80.5. The van der Waals surface area contributed by atoms with Crippen molar-refractivity contribution in [1.82, 2.24) is 0 Å². The van der Waals surface area contributed by atoms with Crippen LogP contribution < -0.4 is 0 Å². The Morgan fingerprint density at radius 1 is 1.50 bits per heavy atom. The van der Waals surface area contributed by atoms with Gasteiger partial charge in [0.2, 0.25) is 0 Å². The molecular weight excluding hydrogens is 136 g/mol. The molecule has 45 valence electrons.